The van der Waals surface area contributed by atoms with Crippen LogP contribution in [-0.2, 0) is 11.8 Å². The van der Waals surface area contributed by atoms with Crippen LogP contribution in [0.25, 0.3) is 0 Å². The first-order valence-corrected chi connectivity index (χ1v) is 7.58. The van der Waals surface area contributed by atoms with Crippen LogP contribution >= 0.6 is 11.6 Å². The molecule has 1 saturated carbocycles. The van der Waals surface area contributed by atoms with E-state index in [9.17, 15) is 9.90 Å². The number of aryl methyl sites for hydroxylation is 1. The molecule has 1 aromatic heterocycles. The van der Waals surface area contributed by atoms with Gasteiger partial charge in [0, 0.05) is 26.9 Å². The van der Waals surface area contributed by atoms with Crippen molar-refractivity contribution in [3.63, 3.8) is 0 Å². The number of aliphatic hydroxyl groups is 1. The minimum atomic E-state index is -0.383. The molecule has 2 heterocycles. The second-order valence-corrected chi connectivity index (χ2v) is 6.37. The van der Waals surface area contributed by atoms with Gasteiger partial charge in [0.25, 0.3) is 5.91 Å². The van der Waals surface area contributed by atoms with E-state index in [1.54, 1.807) is 25.3 Å². The molecule has 116 valence electrons. The van der Waals surface area contributed by atoms with Crippen LogP contribution in [0.15, 0.2) is 6.20 Å². The summed E-state index contributed by atoms with van der Waals surface area (Å²) in [6, 6.07) is -0.114. The van der Waals surface area contributed by atoms with Gasteiger partial charge in [0.05, 0.1) is 22.8 Å². The van der Waals surface area contributed by atoms with Gasteiger partial charge >= 0.3 is 0 Å². The number of hydrogen-bond donors (Lipinski definition) is 1. The van der Waals surface area contributed by atoms with Crippen LogP contribution in [0.5, 0.6) is 0 Å². The highest BCUT2D eigenvalue weighted by Gasteiger charge is 2.52. The molecule has 0 bridgehead atoms. The van der Waals surface area contributed by atoms with E-state index in [1.807, 2.05) is 0 Å². The Hall–Kier alpha value is -1.11. The Morgan fingerprint density at radius 3 is 2.95 bits per heavy atom. The molecule has 0 radical (unpaired) electrons. The zero-order valence-corrected chi connectivity index (χ0v) is 13.0. The summed E-state index contributed by atoms with van der Waals surface area (Å²) in [5, 5.41) is 14.5. The van der Waals surface area contributed by atoms with Gasteiger partial charge in [-0.2, -0.15) is 5.10 Å². The van der Waals surface area contributed by atoms with Crippen molar-refractivity contribution in [1.82, 2.24) is 14.7 Å². The summed E-state index contributed by atoms with van der Waals surface area (Å²) < 4.78 is 7.27. The Balaban J connectivity index is 1.89. The number of halogens is 1. The summed E-state index contributed by atoms with van der Waals surface area (Å²) in [5.41, 5.74) is -0.0676. The Labute approximate surface area is 128 Å². The second-order valence-electron chi connectivity index (χ2n) is 5.96. The molecule has 1 amide bonds. The quantitative estimate of drug-likeness (QED) is 0.891. The molecule has 0 aromatic carbocycles. The first-order valence-electron chi connectivity index (χ1n) is 7.20. The third kappa shape index (κ3) is 2.35. The van der Waals surface area contributed by atoms with Crippen molar-refractivity contribution >= 4 is 17.5 Å². The molecule has 2 aliphatic rings. The Kier molecular flexibility index (Phi) is 3.71. The zero-order valence-electron chi connectivity index (χ0n) is 12.3. The molecule has 1 aliphatic carbocycles. The van der Waals surface area contributed by atoms with Gasteiger partial charge in [-0.1, -0.05) is 11.6 Å². The molecule has 3 rings (SSSR count). The number of hydrogen-bond acceptors (Lipinski definition) is 4. The van der Waals surface area contributed by atoms with Crippen LogP contribution in [0.2, 0.25) is 5.02 Å². The molecule has 7 heteroatoms. The van der Waals surface area contributed by atoms with Crippen molar-refractivity contribution in [3.8, 4) is 0 Å². The van der Waals surface area contributed by atoms with E-state index < -0.39 is 0 Å². The number of ether oxygens (including phenoxy) is 1. The lowest BCUT2D eigenvalue weighted by Gasteiger charge is -2.42. The number of methoxy groups -OCH3 is 1. The van der Waals surface area contributed by atoms with Crippen LogP contribution in [0.3, 0.4) is 0 Å². The monoisotopic (exact) mass is 313 g/mol. The fraction of sp³-hybridized carbons (Fsp3) is 0.714. The van der Waals surface area contributed by atoms with Gasteiger partial charge in [-0.05, 0) is 25.7 Å². The average molecular weight is 314 g/mol. The zero-order chi connectivity index (χ0) is 15.2. The lowest BCUT2D eigenvalue weighted by molar-refractivity contribution is -0.0824. The van der Waals surface area contributed by atoms with Gasteiger partial charge in [-0.15, -0.1) is 0 Å². The maximum atomic E-state index is 12.7. The molecule has 1 aromatic rings. The molecule has 1 N–H and O–H groups in total. The number of fused-ring (bicyclic) bond motifs is 1. The number of amides is 1. The Morgan fingerprint density at radius 2 is 2.33 bits per heavy atom. The van der Waals surface area contributed by atoms with Gasteiger partial charge in [-0.25, -0.2) is 0 Å². The van der Waals surface area contributed by atoms with Crippen molar-refractivity contribution < 1.29 is 14.6 Å². The molecular weight excluding hydrogens is 294 g/mol. The SMILES string of the molecule is CO[C@@]12CC[C@@H](O)C[C@@H]1N(C(=O)c1nn(C)cc1Cl)CC2. The van der Waals surface area contributed by atoms with Crippen molar-refractivity contribution in [2.75, 3.05) is 13.7 Å². The maximum absolute atomic E-state index is 12.7. The second kappa shape index (κ2) is 5.26. The number of carbonyl (C=O) groups excluding carboxylic acids is 1. The molecular formula is C14H20ClN3O3. The summed E-state index contributed by atoms with van der Waals surface area (Å²) in [7, 11) is 3.42. The van der Waals surface area contributed by atoms with Gasteiger partial charge < -0.3 is 14.7 Å². The number of carbonyl (C=O) groups is 1. The molecule has 1 aliphatic heterocycles. The van der Waals surface area contributed by atoms with Gasteiger partial charge in [-0.3, -0.25) is 9.48 Å². The fourth-order valence-corrected chi connectivity index (χ4v) is 3.92. The standard InChI is InChI=1S/C14H20ClN3O3/c1-17-8-10(15)12(16-17)13(20)18-6-5-14(21-2)4-3-9(19)7-11(14)18/h8-9,11,19H,3-7H2,1-2H3/t9-,11+,14-/m1/s1. The third-order valence-electron chi connectivity index (χ3n) is 4.81. The Morgan fingerprint density at radius 1 is 1.57 bits per heavy atom. The largest absolute Gasteiger partial charge is 0.393 e. The van der Waals surface area contributed by atoms with Crippen LogP contribution in [0.4, 0.5) is 0 Å². The number of aromatic nitrogens is 2. The van der Waals surface area contributed by atoms with Crippen LogP contribution in [-0.4, -0.2) is 57.1 Å². The fourth-order valence-electron chi connectivity index (χ4n) is 3.66. The highest BCUT2D eigenvalue weighted by Crippen LogP contribution is 2.43. The summed E-state index contributed by atoms with van der Waals surface area (Å²) >= 11 is 6.08. The van der Waals surface area contributed by atoms with Crippen LogP contribution in [0.1, 0.15) is 36.2 Å². The molecule has 1 saturated heterocycles. The predicted molar refractivity (Wildman–Crippen MR) is 77.3 cm³/mol. The van der Waals surface area contributed by atoms with Crippen molar-refractivity contribution in [1.29, 1.82) is 0 Å². The number of rotatable bonds is 2. The average Bonchev–Trinajstić information content (AvgIpc) is 2.99. The highest BCUT2D eigenvalue weighted by atomic mass is 35.5. The molecule has 0 unspecified atom stereocenters. The molecule has 21 heavy (non-hydrogen) atoms. The number of nitrogens with zero attached hydrogens (tertiary/aromatic N) is 3. The number of aliphatic hydroxyl groups excluding tert-OH is 1. The van der Waals surface area contributed by atoms with E-state index in [0.717, 1.165) is 19.3 Å². The van der Waals surface area contributed by atoms with E-state index in [2.05, 4.69) is 5.10 Å². The van der Waals surface area contributed by atoms with E-state index in [1.165, 1.54) is 4.68 Å². The number of likely N-dealkylation sites (tertiary alicyclic amines) is 1. The lowest BCUT2D eigenvalue weighted by atomic mass is 9.79. The lowest BCUT2D eigenvalue weighted by Crippen LogP contribution is -2.52. The van der Waals surface area contributed by atoms with E-state index in [4.69, 9.17) is 16.3 Å². The van der Waals surface area contributed by atoms with Gasteiger partial charge in [0.1, 0.15) is 0 Å². The first-order chi connectivity index (χ1) is 9.97. The molecule has 6 nitrogen and oxygen atoms in total. The minimum Gasteiger partial charge on any atom is -0.393 e. The summed E-state index contributed by atoms with van der Waals surface area (Å²) in [5.74, 6) is -0.182. The van der Waals surface area contributed by atoms with E-state index in [-0.39, 0.29) is 29.3 Å². The normalized spacial score (nSPS) is 32.3. The third-order valence-corrected chi connectivity index (χ3v) is 5.09. The minimum absolute atomic E-state index is 0.114. The maximum Gasteiger partial charge on any atom is 0.276 e. The first kappa shape index (κ1) is 14.8. The molecule has 2 fully saturated rings. The smallest absolute Gasteiger partial charge is 0.276 e. The molecule has 3 atom stereocenters. The summed E-state index contributed by atoms with van der Waals surface area (Å²) in [6.07, 6.45) is 4.06. The summed E-state index contributed by atoms with van der Waals surface area (Å²) in [6.45, 7) is 0.608. The summed E-state index contributed by atoms with van der Waals surface area (Å²) in [4.78, 5) is 14.5. The van der Waals surface area contributed by atoms with Crippen molar-refractivity contribution in [3.05, 3.63) is 16.9 Å². The van der Waals surface area contributed by atoms with Crippen LogP contribution < -0.4 is 0 Å². The van der Waals surface area contributed by atoms with Crippen molar-refractivity contribution in [2.45, 2.75) is 43.4 Å². The van der Waals surface area contributed by atoms with Gasteiger partial charge in [0.2, 0.25) is 0 Å². The van der Waals surface area contributed by atoms with Crippen LogP contribution in [0, 0.1) is 0 Å². The Bertz CT molecular complexity index is 562. The topological polar surface area (TPSA) is 67.6 Å². The van der Waals surface area contributed by atoms with Crippen molar-refractivity contribution in [2.24, 2.45) is 7.05 Å². The predicted octanol–water partition coefficient (Wildman–Crippen LogP) is 1.22. The molecule has 0 spiro atoms. The van der Waals surface area contributed by atoms with E-state index >= 15 is 0 Å². The van der Waals surface area contributed by atoms with Gasteiger partial charge in [0.15, 0.2) is 5.69 Å². The van der Waals surface area contributed by atoms with E-state index in [0.29, 0.717) is 18.0 Å². The highest BCUT2D eigenvalue weighted by molar-refractivity contribution is 6.33.